The Morgan fingerprint density at radius 3 is 2.47 bits per heavy atom. The Balaban J connectivity index is 1.57. The Bertz CT molecular complexity index is 1400. The van der Waals surface area contributed by atoms with Crippen LogP contribution in [0.5, 0.6) is 0 Å². The average Bonchev–Trinajstić information content (AvgIpc) is 3.48. The molecule has 0 spiro atoms. The maximum absolute atomic E-state index is 5.49. The van der Waals surface area contributed by atoms with E-state index < -0.39 is 0 Å². The van der Waals surface area contributed by atoms with Crippen LogP contribution >= 0.6 is 0 Å². The summed E-state index contributed by atoms with van der Waals surface area (Å²) in [6.45, 7) is 3.98. The molecule has 0 amide bonds. The van der Waals surface area contributed by atoms with E-state index in [0.29, 0.717) is 5.92 Å². The molecular weight excluding hydrogens is 394 g/mol. The molecule has 0 saturated heterocycles. The number of imidazole rings is 1. The highest BCUT2D eigenvalue weighted by Crippen LogP contribution is 2.42. The molecular formula is C28H25N3O. The molecule has 4 nitrogen and oxygen atoms in total. The third-order valence-corrected chi connectivity index (χ3v) is 6.44. The largest absolute Gasteiger partial charge is 0.361 e. The molecule has 3 aromatic carbocycles. The Morgan fingerprint density at radius 2 is 1.72 bits per heavy atom. The van der Waals surface area contributed by atoms with Crippen LogP contribution in [0.3, 0.4) is 0 Å². The zero-order valence-electron chi connectivity index (χ0n) is 18.4. The maximum atomic E-state index is 5.49. The number of aromatic amines is 1. The second-order valence-corrected chi connectivity index (χ2v) is 8.83. The van der Waals surface area contributed by atoms with E-state index in [4.69, 9.17) is 9.51 Å². The van der Waals surface area contributed by atoms with Gasteiger partial charge in [-0.05, 0) is 67.5 Å². The van der Waals surface area contributed by atoms with E-state index in [9.17, 15) is 0 Å². The van der Waals surface area contributed by atoms with E-state index in [1.54, 1.807) is 0 Å². The number of H-pyrrole nitrogens is 1. The van der Waals surface area contributed by atoms with Gasteiger partial charge in [0, 0.05) is 17.0 Å². The molecule has 2 heterocycles. The Morgan fingerprint density at radius 1 is 0.938 bits per heavy atom. The summed E-state index contributed by atoms with van der Waals surface area (Å²) >= 11 is 0. The zero-order chi connectivity index (χ0) is 21.7. The molecule has 0 bridgehead atoms. The van der Waals surface area contributed by atoms with Gasteiger partial charge in [-0.15, -0.1) is 0 Å². The molecule has 1 N–H and O–H groups in total. The van der Waals surface area contributed by atoms with Gasteiger partial charge in [-0.2, -0.15) is 0 Å². The van der Waals surface area contributed by atoms with E-state index >= 15 is 0 Å². The average molecular weight is 420 g/mol. The minimum atomic E-state index is 0.567. The first-order chi connectivity index (χ1) is 15.7. The summed E-state index contributed by atoms with van der Waals surface area (Å²) in [6, 6.07) is 23.8. The van der Waals surface area contributed by atoms with E-state index in [0.717, 1.165) is 51.4 Å². The van der Waals surface area contributed by atoms with E-state index in [-0.39, 0.29) is 0 Å². The standard InChI is InChI=1S/C28H25N3O/c1-17-26(18(2)32-31-17)22-15-24(27-25(16-22)29-28(30-27)20-12-13-20)23-11-7-6-10-21(23)14-19-8-4-3-5-9-19/h3-11,15-16,20H,12-14H2,1-2H3,(H,29,30). The number of hydrogen-bond acceptors (Lipinski definition) is 3. The number of nitrogens with zero attached hydrogens (tertiary/aromatic N) is 2. The third-order valence-electron chi connectivity index (χ3n) is 6.44. The summed E-state index contributed by atoms with van der Waals surface area (Å²) in [4.78, 5) is 8.69. The lowest BCUT2D eigenvalue weighted by molar-refractivity contribution is 0.393. The summed E-state index contributed by atoms with van der Waals surface area (Å²) in [5, 5.41) is 4.19. The number of aromatic nitrogens is 3. The maximum Gasteiger partial charge on any atom is 0.141 e. The molecule has 0 radical (unpaired) electrons. The van der Waals surface area contributed by atoms with Crippen molar-refractivity contribution < 1.29 is 4.52 Å². The van der Waals surface area contributed by atoms with E-state index in [2.05, 4.69) is 76.9 Å². The predicted octanol–water partition coefficient (Wildman–Crippen LogP) is 6.97. The van der Waals surface area contributed by atoms with Crippen molar-refractivity contribution in [2.24, 2.45) is 0 Å². The van der Waals surface area contributed by atoms with Crippen molar-refractivity contribution in [3.05, 3.63) is 95.1 Å². The summed E-state index contributed by atoms with van der Waals surface area (Å²) in [7, 11) is 0. The number of rotatable bonds is 5. The molecule has 0 atom stereocenters. The van der Waals surface area contributed by atoms with Crippen LogP contribution < -0.4 is 0 Å². The Kier molecular flexibility index (Phi) is 4.46. The number of benzene rings is 3. The first-order valence-corrected chi connectivity index (χ1v) is 11.3. The summed E-state index contributed by atoms with van der Waals surface area (Å²) in [5.74, 6) is 2.52. The molecule has 4 heteroatoms. The second-order valence-electron chi connectivity index (χ2n) is 8.83. The van der Waals surface area contributed by atoms with Gasteiger partial charge < -0.3 is 9.51 Å². The molecule has 2 aromatic heterocycles. The molecule has 158 valence electrons. The molecule has 1 fully saturated rings. The fourth-order valence-corrected chi connectivity index (χ4v) is 4.68. The second kappa shape index (κ2) is 7.49. The van der Waals surface area contributed by atoms with Gasteiger partial charge in [-0.3, -0.25) is 0 Å². The van der Waals surface area contributed by atoms with Gasteiger partial charge in [-0.1, -0.05) is 59.8 Å². The molecule has 1 saturated carbocycles. The fourth-order valence-electron chi connectivity index (χ4n) is 4.68. The molecule has 0 unspecified atom stereocenters. The van der Waals surface area contributed by atoms with Crippen LogP contribution in [0.15, 0.2) is 71.3 Å². The normalized spacial score (nSPS) is 13.7. The monoisotopic (exact) mass is 419 g/mol. The summed E-state index contributed by atoms with van der Waals surface area (Å²) in [6.07, 6.45) is 3.32. The lowest BCUT2D eigenvalue weighted by atomic mass is 9.91. The van der Waals surface area contributed by atoms with Gasteiger partial charge in [0.1, 0.15) is 11.6 Å². The minimum Gasteiger partial charge on any atom is -0.361 e. The van der Waals surface area contributed by atoms with Crippen LogP contribution in [0.2, 0.25) is 0 Å². The van der Waals surface area contributed by atoms with E-state index in [1.165, 1.54) is 29.5 Å². The summed E-state index contributed by atoms with van der Waals surface area (Å²) in [5.41, 5.74) is 10.2. The third kappa shape index (κ3) is 3.32. The van der Waals surface area contributed by atoms with Crippen LogP contribution in [-0.4, -0.2) is 15.1 Å². The molecule has 0 aliphatic heterocycles. The van der Waals surface area contributed by atoms with Crippen LogP contribution in [0.4, 0.5) is 0 Å². The van der Waals surface area contributed by atoms with Crippen molar-refractivity contribution in [1.82, 2.24) is 15.1 Å². The number of fused-ring (bicyclic) bond motifs is 1. The number of aryl methyl sites for hydroxylation is 2. The highest BCUT2D eigenvalue weighted by atomic mass is 16.5. The van der Waals surface area contributed by atoms with Crippen molar-refractivity contribution in [2.75, 3.05) is 0 Å². The number of hydrogen-bond donors (Lipinski definition) is 1. The van der Waals surface area contributed by atoms with Crippen LogP contribution in [0.25, 0.3) is 33.3 Å². The van der Waals surface area contributed by atoms with Gasteiger partial charge in [0.15, 0.2) is 0 Å². The fraction of sp³-hybridized carbons (Fsp3) is 0.214. The summed E-state index contributed by atoms with van der Waals surface area (Å²) < 4.78 is 5.49. The van der Waals surface area contributed by atoms with Crippen molar-refractivity contribution in [3.8, 4) is 22.3 Å². The quantitative estimate of drug-likeness (QED) is 0.335. The Hall–Kier alpha value is -3.66. The van der Waals surface area contributed by atoms with Crippen LogP contribution in [0, 0.1) is 13.8 Å². The lowest BCUT2D eigenvalue weighted by Gasteiger charge is -2.12. The highest BCUT2D eigenvalue weighted by Gasteiger charge is 2.28. The molecule has 1 aliphatic rings. The van der Waals surface area contributed by atoms with Gasteiger partial charge in [0.2, 0.25) is 0 Å². The topological polar surface area (TPSA) is 54.7 Å². The first kappa shape index (κ1) is 19.1. The van der Waals surface area contributed by atoms with Gasteiger partial charge >= 0.3 is 0 Å². The van der Waals surface area contributed by atoms with Gasteiger partial charge in [0.25, 0.3) is 0 Å². The molecule has 32 heavy (non-hydrogen) atoms. The van der Waals surface area contributed by atoms with Gasteiger partial charge in [-0.25, -0.2) is 4.98 Å². The van der Waals surface area contributed by atoms with Crippen molar-refractivity contribution in [2.45, 2.75) is 39.0 Å². The van der Waals surface area contributed by atoms with Crippen molar-refractivity contribution in [3.63, 3.8) is 0 Å². The van der Waals surface area contributed by atoms with Crippen LogP contribution in [-0.2, 0) is 6.42 Å². The first-order valence-electron chi connectivity index (χ1n) is 11.3. The van der Waals surface area contributed by atoms with Gasteiger partial charge in [0.05, 0.1) is 16.7 Å². The smallest absolute Gasteiger partial charge is 0.141 e. The molecule has 5 aromatic rings. The SMILES string of the molecule is Cc1noc(C)c1-c1cc(-c2ccccc2Cc2ccccc2)c2nc(C3CC3)[nH]c2c1. The Labute approximate surface area is 187 Å². The van der Waals surface area contributed by atoms with Crippen molar-refractivity contribution in [1.29, 1.82) is 0 Å². The predicted molar refractivity (Wildman–Crippen MR) is 128 cm³/mol. The molecule has 1 aliphatic carbocycles. The highest BCUT2D eigenvalue weighted by molar-refractivity contribution is 5.97. The van der Waals surface area contributed by atoms with E-state index in [1.807, 2.05) is 13.8 Å². The van der Waals surface area contributed by atoms with Crippen LogP contribution in [0.1, 0.15) is 47.2 Å². The number of nitrogens with one attached hydrogen (secondary N) is 1. The zero-order valence-corrected chi connectivity index (χ0v) is 18.4. The lowest BCUT2D eigenvalue weighted by Crippen LogP contribution is -1.94. The molecule has 6 rings (SSSR count). The van der Waals surface area contributed by atoms with Crippen molar-refractivity contribution >= 4 is 11.0 Å². The minimum absolute atomic E-state index is 0.567.